The van der Waals surface area contributed by atoms with Crippen LogP contribution in [0.5, 0.6) is 0 Å². The zero-order valence-corrected chi connectivity index (χ0v) is 13.7. The van der Waals surface area contributed by atoms with Gasteiger partial charge in [0.05, 0.1) is 5.56 Å². The van der Waals surface area contributed by atoms with Crippen molar-refractivity contribution in [3.8, 4) is 0 Å². The number of anilines is 1. The molecule has 1 heterocycles. The number of piperidine rings is 1. The van der Waals surface area contributed by atoms with Crippen molar-refractivity contribution in [3.05, 3.63) is 29.8 Å². The molecule has 0 aliphatic carbocycles. The molecule has 1 aliphatic rings. The van der Waals surface area contributed by atoms with E-state index in [4.69, 9.17) is 23.2 Å². The Morgan fingerprint density at radius 3 is 2.29 bits per heavy atom. The highest BCUT2D eigenvalue weighted by atomic mass is 35.5. The summed E-state index contributed by atoms with van der Waals surface area (Å²) < 4.78 is 0. The predicted molar refractivity (Wildman–Crippen MR) is 89.8 cm³/mol. The lowest BCUT2D eigenvalue weighted by molar-refractivity contribution is 0.0725. The summed E-state index contributed by atoms with van der Waals surface area (Å²) in [6.45, 7) is 3.10. The van der Waals surface area contributed by atoms with Gasteiger partial charge in [0.1, 0.15) is 0 Å². The first-order valence-electron chi connectivity index (χ1n) is 7.53. The molecule has 21 heavy (non-hydrogen) atoms. The number of hydrogen-bond donors (Lipinski definition) is 0. The second-order valence-corrected chi connectivity index (χ2v) is 5.99. The lowest BCUT2D eigenvalue weighted by Crippen LogP contribution is -2.37. The molecule has 3 nitrogen and oxygen atoms in total. The third kappa shape index (κ3) is 4.27. The van der Waals surface area contributed by atoms with Crippen molar-refractivity contribution in [2.24, 2.45) is 0 Å². The number of amides is 1. The maximum Gasteiger partial charge on any atom is 0.255 e. The number of alkyl halides is 2. The van der Waals surface area contributed by atoms with Crippen molar-refractivity contribution < 1.29 is 4.79 Å². The van der Waals surface area contributed by atoms with Crippen molar-refractivity contribution in [3.63, 3.8) is 0 Å². The number of nitrogens with zero attached hydrogens (tertiary/aromatic N) is 2. The Bertz CT molecular complexity index is 455. The van der Waals surface area contributed by atoms with Crippen LogP contribution in [-0.4, -0.2) is 48.7 Å². The molecule has 0 aromatic heterocycles. The summed E-state index contributed by atoms with van der Waals surface area (Å²) in [5, 5.41) is 0. The average molecular weight is 329 g/mol. The average Bonchev–Trinajstić information content (AvgIpc) is 2.55. The predicted octanol–water partition coefficient (Wildman–Crippen LogP) is 3.60. The second-order valence-electron chi connectivity index (χ2n) is 5.24. The van der Waals surface area contributed by atoms with Crippen molar-refractivity contribution in [1.82, 2.24) is 4.90 Å². The Hall–Kier alpha value is -0.930. The molecule has 0 N–H and O–H groups in total. The summed E-state index contributed by atoms with van der Waals surface area (Å²) >= 11 is 11.8. The van der Waals surface area contributed by atoms with Gasteiger partial charge in [-0.2, -0.15) is 0 Å². The molecule has 0 bridgehead atoms. The molecule has 1 amide bonds. The van der Waals surface area contributed by atoms with E-state index in [0.29, 0.717) is 24.8 Å². The maximum atomic E-state index is 12.8. The summed E-state index contributed by atoms with van der Waals surface area (Å²) in [5.74, 6) is 1.16. The normalized spacial score (nSPS) is 15.0. The van der Waals surface area contributed by atoms with Gasteiger partial charge < -0.3 is 9.80 Å². The molecular formula is C16H22Cl2N2O. The zero-order valence-electron chi connectivity index (χ0n) is 12.2. The highest BCUT2D eigenvalue weighted by Gasteiger charge is 2.22. The summed E-state index contributed by atoms with van der Waals surface area (Å²) in [4.78, 5) is 16.8. The maximum absolute atomic E-state index is 12.8. The molecular weight excluding hydrogens is 307 g/mol. The standard InChI is InChI=1S/C16H22Cl2N2O/c17-8-12-19(13-9-18)15-7-3-2-6-14(15)16(21)20-10-4-1-5-11-20/h2-3,6-7H,1,4-5,8-13H2. The van der Waals surface area contributed by atoms with Crippen LogP contribution in [0.2, 0.25) is 0 Å². The van der Waals surface area contributed by atoms with E-state index in [1.54, 1.807) is 0 Å². The Morgan fingerprint density at radius 1 is 1.05 bits per heavy atom. The van der Waals surface area contributed by atoms with Gasteiger partial charge in [0.2, 0.25) is 0 Å². The molecule has 0 spiro atoms. The van der Waals surface area contributed by atoms with Crippen LogP contribution >= 0.6 is 23.2 Å². The molecule has 0 saturated carbocycles. The Kier molecular flexibility index (Phi) is 6.65. The minimum atomic E-state index is 0.124. The van der Waals surface area contributed by atoms with Crippen LogP contribution in [0.15, 0.2) is 24.3 Å². The van der Waals surface area contributed by atoms with Gasteiger partial charge in [-0.15, -0.1) is 23.2 Å². The van der Waals surface area contributed by atoms with Crippen molar-refractivity contribution in [2.45, 2.75) is 19.3 Å². The van der Waals surface area contributed by atoms with Crippen LogP contribution in [0, 0.1) is 0 Å². The van der Waals surface area contributed by atoms with E-state index in [1.165, 1.54) is 6.42 Å². The fourth-order valence-corrected chi connectivity index (χ4v) is 3.16. The molecule has 1 aromatic rings. The van der Waals surface area contributed by atoms with Gasteiger partial charge in [-0.3, -0.25) is 4.79 Å². The first-order valence-corrected chi connectivity index (χ1v) is 8.60. The first kappa shape index (κ1) is 16.4. The number of carbonyl (C=O) groups is 1. The van der Waals surface area contributed by atoms with Crippen LogP contribution in [0.3, 0.4) is 0 Å². The van der Waals surface area contributed by atoms with E-state index in [-0.39, 0.29) is 5.91 Å². The number of carbonyl (C=O) groups excluding carboxylic acids is 1. The Labute approximate surface area is 136 Å². The molecule has 2 rings (SSSR count). The molecule has 0 radical (unpaired) electrons. The molecule has 1 aromatic carbocycles. The molecule has 1 saturated heterocycles. The van der Waals surface area contributed by atoms with Gasteiger partial charge in [-0.05, 0) is 31.4 Å². The lowest BCUT2D eigenvalue weighted by atomic mass is 10.1. The molecule has 5 heteroatoms. The van der Waals surface area contributed by atoms with Crippen LogP contribution in [-0.2, 0) is 0 Å². The number of para-hydroxylation sites is 1. The summed E-state index contributed by atoms with van der Waals surface area (Å²) in [6.07, 6.45) is 3.41. The Balaban J connectivity index is 2.23. The molecule has 1 aliphatic heterocycles. The minimum absolute atomic E-state index is 0.124. The first-order chi connectivity index (χ1) is 10.3. The third-order valence-corrected chi connectivity index (χ3v) is 4.17. The fraction of sp³-hybridized carbons (Fsp3) is 0.562. The SMILES string of the molecule is O=C(c1ccccc1N(CCCl)CCCl)N1CCCCC1. The van der Waals surface area contributed by atoms with Gasteiger partial charge in [0.15, 0.2) is 0 Å². The van der Waals surface area contributed by atoms with E-state index in [0.717, 1.165) is 37.2 Å². The minimum Gasteiger partial charge on any atom is -0.368 e. The topological polar surface area (TPSA) is 23.6 Å². The number of benzene rings is 1. The number of rotatable bonds is 6. The van der Waals surface area contributed by atoms with E-state index in [2.05, 4.69) is 4.90 Å². The van der Waals surface area contributed by atoms with Crippen LogP contribution in [0.4, 0.5) is 5.69 Å². The second kappa shape index (κ2) is 8.50. The monoisotopic (exact) mass is 328 g/mol. The van der Waals surface area contributed by atoms with E-state index >= 15 is 0 Å². The number of likely N-dealkylation sites (tertiary alicyclic amines) is 1. The largest absolute Gasteiger partial charge is 0.368 e. The third-order valence-electron chi connectivity index (χ3n) is 3.83. The van der Waals surface area contributed by atoms with Crippen molar-refractivity contribution in [1.29, 1.82) is 0 Å². The highest BCUT2D eigenvalue weighted by Crippen LogP contribution is 2.23. The van der Waals surface area contributed by atoms with Gasteiger partial charge in [-0.25, -0.2) is 0 Å². The smallest absolute Gasteiger partial charge is 0.255 e. The quantitative estimate of drug-likeness (QED) is 0.745. The van der Waals surface area contributed by atoms with Gasteiger partial charge in [-0.1, -0.05) is 12.1 Å². The fourth-order valence-electron chi connectivity index (χ4n) is 2.75. The molecule has 0 atom stereocenters. The molecule has 1 fully saturated rings. The molecule has 116 valence electrons. The molecule has 0 unspecified atom stereocenters. The van der Waals surface area contributed by atoms with Crippen LogP contribution in [0.25, 0.3) is 0 Å². The number of hydrogen-bond acceptors (Lipinski definition) is 2. The van der Waals surface area contributed by atoms with Gasteiger partial charge in [0.25, 0.3) is 5.91 Å². The summed E-state index contributed by atoms with van der Waals surface area (Å²) in [5.41, 5.74) is 1.70. The summed E-state index contributed by atoms with van der Waals surface area (Å²) in [6, 6.07) is 7.76. The zero-order chi connectivity index (χ0) is 15.1. The van der Waals surface area contributed by atoms with Crippen LogP contribution in [0.1, 0.15) is 29.6 Å². The Morgan fingerprint density at radius 2 is 1.67 bits per heavy atom. The number of halogens is 2. The van der Waals surface area contributed by atoms with Crippen LogP contribution < -0.4 is 4.90 Å². The summed E-state index contributed by atoms with van der Waals surface area (Å²) in [7, 11) is 0. The highest BCUT2D eigenvalue weighted by molar-refractivity contribution is 6.18. The van der Waals surface area contributed by atoms with Gasteiger partial charge in [0, 0.05) is 43.6 Å². The van der Waals surface area contributed by atoms with E-state index in [9.17, 15) is 4.79 Å². The lowest BCUT2D eigenvalue weighted by Gasteiger charge is -2.30. The van der Waals surface area contributed by atoms with E-state index < -0.39 is 0 Å². The van der Waals surface area contributed by atoms with Crippen molar-refractivity contribution in [2.75, 3.05) is 42.8 Å². The van der Waals surface area contributed by atoms with E-state index in [1.807, 2.05) is 29.2 Å². The van der Waals surface area contributed by atoms with Gasteiger partial charge >= 0.3 is 0 Å². The van der Waals surface area contributed by atoms with Crippen molar-refractivity contribution >= 4 is 34.8 Å².